The Bertz CT molecular complexity index is 583. The molecule has 0 saturated carbocycles. The molecule has 0 saturated heterocycles. The fourth-order valence-electron chi connectivity index (χ4n) is 1.89. The zero-order valence-corrected chi connectivity index (χ0v) is 10.2. The average Bonchev–Trinajstić information content (AvgIpc) is 2.57. The Kier molecular flexibility index (Phi) is 2.67. The van der Waals surface area contributed by atoms with Crippen molar-refractivity contribution in [3.63, 3.8) is 0 Å². The molecule has 2 aromatic rings. The van der Waals surface area contributed by atoms with Crippen LogP contribution in [0, 0.1) is 26.2 Å². The van der Waals surface area contributed by atoms with E-state index in [2.05, 4.69) is 10.1 Å². The minimum Gasteiger partial charge on any atom is -0.384 e. The quantitative estimate of drug-likeness (QED) is 0.604. The third-order valence-electron chi connectivity index (χ3n) is 2.61. The highest BCUT2D eigenvalue weighted by Crippen LogP contribution is 2.19. The van der Waals surface area contributed by atoms with Gasteiger partial charge in [-0.2, -0.15) is 5.10 Å². The van der Waals surface area contributed by atoms with Crippen LogP contribution < -0.4 is 5.73 Å². The van der Waals surface area contributed by atoms with Gasteiger partial charge in [0, 0.05) is 5.56 Å². The molecule has 5 heteroatoms. The average molecular weight is 229 g/mol. The Hall–Kier alpha value is -2.17. The van der Waals surface area contributed by atoms with E-state index in [9.17, 15) is 0 Å². The predicted octanol–water partition coefficient (Wildman–Crippen LogP) is 1.48. The highest BCUT2D eigenvalue weighted by molar-refractivity contribution is 5.98. The van der Waals surface area contributed by atoms with Gasteiger partial charge < -0.3 is 5.73 Å². The van der Waals surface area contributed by atoms with Gasteiger partial charge in [0.15, 0.2) is 0 Å². The minimum absolute atomic E-state index is 0.0382. The van der Waals surface area contributed by atoms with E-state index in [1.165, 1.54) is 0 Å². The monoisotopic (exact) mass is 229 g/mol. The molecular formula is C12H15N5. The zero-order valence-electron chi connectivity index (χ0n) is 10.2. The van der Waals surface area contributed by atoms with Crippen LogP contribution >= 0.6 is 0 Å². The first-order valence-electron chi connectivity index (χ1n) is 5.35. The molecule has 1 heterocycles. The van der Waals surface area contributed by atoms with Gasteiger partial charge in [-0.05, 0) is 32.4 Å². The van der Waals surface area contributed by atoms with Gasteiger partial charge in [-0.3, -0.25) is 5.41 Å². The molecule has 3 N–H and O–H groups in total. The SMILES string of the molecule is Cc1nc(C)n(-c2c(C)cccc2C(=N)N)n1. The molecule has 1 aromatic carbocycles. The summed E-state index contributed by atoms with van der Waals surface area (Å²) in [6, 6.07) is 5.67. The van der Waals surface area contributed by atoms with Gasteiger partial charge in [0.25, 0.3) is 0 Å². The number of nitrogens with one attached hydrogen (secondary N) is 1. The van der Waals surface area contributed by atoms with Gasteiger partial charge in [0.2, 0.25) is 0 Å². The van der Waals surface area contributed by atoms with Crippen LogP contribution in [0.4, 0.5) is 0 Å². The van der Waals surface area contributed by atoms with Crippen LogP contribution in [-0.4, -0.2) is 20.6 Å². The molecule has 88 valence electrons. The fraction of sp³-hybridized carbons (Fsp3) is 0.250. The number of nitrogens with two attached hydrogens (primary N) is 1. The number of nitrogen functional groups attached to an aromatic ring is 1. The van der Waals surface area contributed by atoms with Crippen molar-refractivity contribution >= 4 is 5.84 Å². The van der Waals surface area contributed by atoms with Gasteiger partial charge >= 0.3 is 0 Å². The normalized spacial score (nSPS) is 10.5. The number of benzene rings is 1. The lowest BCUT2D eigenvalue weighted by atomic mass is 10.1. The molecule has 17 heavy (non-hydrogen) atoms. The highest BCUT2D eigenvalue weighted by atomic mass is 15.3. The Morgan fingerprint density at radius 3 is 2.53 bits per heavy atom. The molecule has 0 unspecified atom stereocenters. The van der Waals surface area contributed by atoms with Crippen LogP contribution in [0.1, 0.15) is 22.8 Å². The molecule has 0 aliphatic carbocycles. The second-order valence-electron chi connectivity index (χ2n) is 4.00. The minimum atomic E-state index is 0.0382. The number of hydrogen-bond donors (Lipinski definition) is 2. The Morgan fingerprint density at radius 1 is 1.29 bits per heavy atom. The maximum absolute atomic E-state index is 7.62. The molecular weight excluding hydrogens is 214 g/mol. The second kappa shape index (κ2) is 4.01. The van der Waals surface area contributed by atoms with Crippen LogP contribution in [0.5, 0.6) is 0 Å². The van der Waals surface area contributed by atoms with E-state index in [1.807, 2.05) is 39.0 Å². The van der Waals surface area contributed by atoms with Crippen LogP contribution in [-0.2, 0) is 0 Å². The summed E-state index contributed by atoms with van der Waals surface area (Å²) in [6.07, 6.45) is 0. The van der Waals surface area contributed by atoms with Crippen molar-refractivity contribution in [2.24, 2.45) is 5.73 Å². The summed E-state index contributed by atoms with van der Waals surface area (Å²) in [4.78, 5) is 4.27. The van der Waals surface area contributed by atoms with E-state index in [1.54, 1.807) is 4.68 Å². The summed E-state index contributed by atoms with van der Waals surface area (Å²) in [5, 5.41) is 12.0. The molecule has 0 atom stereocenters. The number of aromatic nitrogens is 3. The number of para-hydroxylation sites is 1. The summed E-state index contributed by atoms with van der Waals surface area (Å²) < 4.78 is 1.74. The van der Waals surface area contributed by atoms with Gasteiger partial charge in [0.05, 0.1) is 5.69 Å². The molecule has 1 aromatic heterocycles. The zero-order chi connectivity index (χ0) is 12.6. The summed E-state index contributed by atoms with van der Waals surface area (Å²) in [5.41, 5.74) is 8.13. The largest absolute Gasteiger partial charge is 0.384 e. The lowest BCUT2D eigenvalue weighted by Gasteiger charge is -2.12. The lowest BCUT2D eigenvalue weighted by Crippen LogP contribution is -2.16. The van der Waals surface area contributed by atoms with Gasteiger partial charge in [-0.25, -0.2) is 9.67 Å². The smallest absolute Gasteiger partial charge is 0.148 e. The molecule has 0 fully saturated rings. The van der Waals surface area contributed by atoms with Crippen molar-refractivity contribution in [3.05, 3.63) is 41.0 Å². The number of nitrogens with zero attached hydrogens (tertiary/aromatic N) is 3. The van der Waals surface area contributed by atoms with E-state index in [4.69, 9.17) is 11.1 Å². The second-order valence-corrected chi connectivity index (χ2v) is 4.00. The third-order valence-corrected chi connectivity index (χ3v) is 2.61. The van der Waals surface area contributed by atoms with E-state index in [-0.39, 0.29) is 5.84 Å². The topological polar surface area (TPSA) is 80.6 Å². The van der Waals surface area contributed by atoms with E-state index in [0.29, 0.717) is 11.4 Å². The highest BCUT2D eigenvalue weighted by Gasteiger charge is 2.13. The van der Waals surface area contributed by atoms with Crippen LogP contribution in [0.25, 0.3) is 5.69 Å². The Balaban J connectivity index is 2.74. The number of rotatable bonds is 2. The summed E-state index contributed by atoms with van der Waals surface area (Å²) in [7, 11) is 0. The van der Waals surface area contributed by atoms with Crippen LogP contribution in [0.2, 0.25) is 0 Å². The van der Waals surface area contributed by atoms with E-state index in [0.717, 1.165) is 17.1 Å². The maximum atomic E-state index is 7.62. The molecule has 0 aliphatic heterocycles. The molecule has 0 aliphatic rings. The van der Waals surface area contributed by atoms with Crippen molar-refractivity contribution in [2.45, 2.75) is 20.8 Å². The van der Waals surface area contributed by atoms with Gasteiger partial charge in [-0.1, -0.05) is 12.1 Å². The molecule has 0 amide bonds. The van der Waals surface area contributed by atoms with Gasteiger partial charge in [0.1, 0.15) is 17.5 Å². The standard InChI is InChI=1S/C12H15N5/c1-7-5-4-6-10(12(13)14)11(7)17-9(3)15-8(2)16-17/h4-6H,1-3H3,(H3,13,14). The maximum Gasteiger partial charge on any atom is 0.148 e. The number of aryl methyl sites for hydroxylation is 3. The number of amidine groups is 1. The first-order valence-corrected chi connectivity index (χ1v) is 5.35. The van der Waals surface area contributed by atoms with E-state index >= 15 is 0 Å². The van der Waals surface area contributed by atoms with Crippen molar-refractivity contribution in [2.75, 3.05) is 0 Å². The van der Waals surface area contributed by atoms with Gasteiger partial charge in [-0.15, -0.1) is 0 Å². The molecule has 0 bridgehead atoms. The molecule has 2 rings (SSSR count). The predicted molar refractivity (Wildman–Crippen MR) is 66.6 cm³/mol. The first kappa shape index (κ1) is 11.3. The molecule has 0 spiro atoms. The van der Waals surface area contributed by atoms with E-state index < -0.39 is 0 Å². The van der Waals surface area contributed by atoms with Crippen molar-refractivity contribution in [1.29, 1.82) is 5.41 Å². The Labute approximate surface area is 99.8 Å². The van der Waals surface area contributed by atoms with Crippen LogP contribution in [0.3, 0.4) is 0 Å². The molecule has 5 nitrogen and oxygen atoms in total. The summed E-state index contributed by atoms with van der Waals surface area (Å²) in [5.74, 6) is 1.54. The summed E-state index contributed by atoms with van der Waals surface area (Å²) >= 11 is 0. The van der Waals surface area contributed by atoms with Crippen molar-refractivity contribution in [1.82, 2.24) is 14.8 Å². The van der Waals surface area contributed by atoms with Crippen molar-refractivity contribution in [3.8, 4) is 5.69 Å². The molecule has 0 radical (unpaired) electrons. The first-order chi connectivity index (χ1) is 8.00. The Morgan fingerprint density at radius 2 is 2.00 bits per heavy atom. The van der Waals surface area contributed by atoms with Crippen molar-refractivity contribution < 1.29 is 0 Å². The fourth-order valence-corrected chi connectivity index (χ4v) is 1.89. The van der Waals surface area contributed by atoms with Crippen LogP contribution in [0.15, 0.2) is 18.2 Å². The lowest BCUT2D eigenvalue weighted by molar-refractivity contribution is 0.823. The number of hydrogen-bond acceptors (Lipinski definition) is 3. The summed E-state index contributed by atoms with van der Waals surface area (Å²) in [6.45, 7) is 5.70. The third kappa shape index (κ3) is 1.91.